The average Bonchev–Trinajstić information content (AvgIpc) is 2.69. The molecule has 0 aliphatic rings. The summed E-state index contributed by atoms with van der Waals surface area (Å²) in [5, 5.41) is 3.86. The molecule has 1 aromatic heterocycles. The van der Waals surface area contributed by atoms with Gasteiger partial charge in [-0.1, -0.05) is 12.1 Å². The summed E-state index contributed by atoms with van der Waals surface area (Å²) in [7, 11) is 0. The number of hydrogen-bond donors (Lipinski definition) is 1. The van der Waals surface area contributed by atoms with Crippen molar-refractivity contribution in [3.63, 3.8) is 0 Å². The predicted octanol–water partition coefficient (Wildman–Crippen LogP) is 0.930. The van der Waals surface area contributed by atoms with Crippen LogP contribution >= 0.6 is 0 Å². The third kappa shape index (κ3) is 4.90. The van der Waals surface area contributed by atoms with Crippen molar-refractivity contribution in [2.45, 2.75) is 32.6 Å². The van der Waals surface area contributed by atoms with Gasteiger partial charge in [-0.05, 0) is 19.4 Å². The van der Waals surface area contributed by atoms with Crippen LogP contribution in [0.2, 0.25) is 0 Å². The molecule has 0 spiro atoms. The maximum atomic E-state index is 5.39. The average molecular weight is 213 g/mol. The van der Waals surface area contributed by atoms with Gasteiger partial charge in [0.05, 0.1) is 13.0 Å². The Morgan fingerprint density at radius 1 is 1.33 bits per heavy atom. The number of nitrogens with zero attached hydrogens (tertiary/aromatic N) is 2. The fourth-order valence-corrected chi connectivity index (χ4v) is 1.16. The molecule has 5 heteroatoms. The zero-order valence-electron chi connectivity index (χ0n) is 9.24. The minimum absolute atomic E-state index is 0.645. The van der Waals surface area contributed by atoms with Crippen LogP contribution < -0.4 is 5.73 Å². The Balaban J connectivity index is 2.20. The van der Waals surface area contributed by atoms with E-state index in [0.717, 1.165) is 31.7 Å². The van der Waals surface area contributed by atoms with Crippen molar-refractivity contribution < 1.29 is 9.26 Å². The van der Waals surface area contributed by atoms with E-state index < -0.39 is 0 Å². The Morgan fingerprint density at radius 3 is 2.93 bits per heavy atom. The molecule has 0 amide bonds. The van der Waals surface area contributed by atoms with Crippen molar-refractivity contribution >= 4 is 0 Å². The fraction of sp³-hybridized carbons (Fsp3) is 0.800. The van der Waals surface area contributed by atoms with Gasteiger partial charge in [-0.2, -0.15) is 4.98 Å². The van der Waals surface area contributed by atoms with Gasteiger partial charge in [-0.15, -0.1) is 0 Å². The first kappa shape index (κ1) is 12.1. The number of aromatic nitrogens is 2. The second kappa shape index (κ2) is 7.36. The van der Waals surface area contributed by atoms with Gasteiger partial charge < -0.3 is 15.0 Å². The summed E-state index contributed by atoms with van der Waals surface area (Å²) in [5.74, 6) is 1.39. The molecule has 1 heterocycles. The van der Waals surface area contributed by atoms with E-state index >= 15 is 0 Å². The Bertz CT molecular complexity index is 263. The second-order valence-electron chi connectivity index (χ2n) is 3.36. The van der Waals surface area contributed by atoms with Crippen LogP contribution in [0.4, 0.5) is 0 Å². The molecule has 0 saturated heterocycles. The molecule has 2 N–H and O–H groups in total. The van der Waals surface area contributed by atoms with Gasteiger partial charge in [0.2, 0.25) is 5.89 Å². The molecule has 1 aromatic rings. The molecular formula is C10H19N3O2. The number of aryl methyl sites for hydroxylation is 1. The first-order valence-corrected chi connectivity index (χ1v) is 5.46. The summed E-state index contributed by atoms with van der Waals surface area (Å²) >= 11 is 0. The standard InChI is InChI=1S/C10H19N3O2/c1-2-7-14-8-5-10-12-9(13-15-10)4-3-6-11/h2-8,11H2,1H3. The lowest BCUT2D eigenvalue weighted by molar-refractivity contribution is 0.132. The SMILES string of the molecule is CCCOCCc1nc(CCCN)no1. The van der Waals surface area contributed by atoms with Crippen molar-refractivity contribution in [3.05, 3.63) is 11.7 Å². The molecule has 1 rings (SSSR count). The number of hydrogen-bond acceptors (Lipinski definition) is 5. The summed E-state index contributed by atoms with van der Waals surface area (Å²) in [5.41, 5.74) is 5.39. The van der Waals surface area contributed by atoms with E-state index in [1.807, 2.05) is 0 Å². The van der Waals surface area contributed by atoms with Crippen LogP contribution in [0.5, 0.6) is 0 Å². The first-order valence-electron chi connectivity index (χ1n) is 5.46. The Labute approximate surface area is 90.0 Å². The van der Waals surface area contributed by atoms with E-state index in [1.165, 1.54) is 0 Å². The van der Waals surface area contributed by atoms with E-state index in [4.69, 9.17) is 15.0 Å². The highest BCUT2D eigenvalue weighted by Crippen LogP contribution is 2.01. The molecule has 0 radical (unpaired) electrons. The van der Waals surface area contributed by atoms with Crippen LogP contribution in [-0.4, -0.2) is 29.9 Å². The topological polar surface area (TPSA) is 74.2 Å². The zero-order valence-corrected chi connectivity index (χ0v) is 9.24. The molecule has 86 valence electrons. The zero-order chi connectivity index (χ0) is 10.9. The van der Waals surface area contributed by atoms with Crippen molar-refractivity contribution in [1.29, 1.82) is 0 Å². The van der Waals surface area contributed by atoms with Gasteiger partial charge in [0, 0.05) is 13.0 Å². The van der Waals surface area contributed by atoms with E-state index in [9.17, 15) is 0 Å². The third-order valence-corrected chi connectivity index (χ3v) is 1.92. The molecule has 0 saturated carbocycles. The molecule has 0 aliphatic heterocycles. The molecule has 5 nitrogen and oxygen atoms in total. The van der Waals surface area contributed by atoms with E-state index in [0.29, 0.717) is 25.5 Å². The van der Waals surface area contributed by atoms with Crippen LogP contribution in [-0.2, 0) is 17.6 Å². The molecule has 0 bridgehead atoms. The van der Waals surface area contributed by atoms with Crippen LogP contribution in [0, 0.1) is 0 Å². The molecular weight excluding hydrogens is 194 g/mol. The molecule has 0 unspecified atom stereocenters. The Morgan fingerprint density at radius 2 is 2.20 bits per heavy atom. The minimum Gasteiger partial charge on any atom is -0.381 e. The van der Waals surface area contributed by atoms with Gasteiger partial charge in [0.15, 0.2) is 5.82 Å². The van der Waals surface area contributed by atoms with Gasteiger partial charge in [0.25, 0.3) is 0 Å². The van der Waals surface area contributed by atoms with E-state index in [2.05, 4.69) is 17.1 Å². The monoisotopic (exact) mass is 213 g/mol. The largest absolute Gasteiger partial charge is 0.381 e. The smallest absolute Gasteiger partial charge is 0.228 e. The van der Waals surface area contributed by atoms with Crippen molar-refractivity contribution in [2.75, 3.05) is 19.8 Å². The Kier molecular flexibility index (Phi) is 5.96. The van der Waals surface area contributed by atoms with Crippen molar-refractivity contribution in [1.82, 2.24) is 10.1 Å². The highest BCUT2D eigenvalue weighted by Gasteiger charge is 2.05. The van der Waals surface area contributed by atoms with Crippen molar-refractivity contribution in [2.24, 2.45) is 5.73 Å². The predicted molar refractivity (Wildman–Crippen MR) is 56.5 cm³/mol. The van der Waals surface area contributed by atoms with Crippen molar-refractivity contribution in [3.8, 4) is 0 Å². The molecule has 15 heavy (non-hydrogen) atoms. The Hall–Kier alpha value is -0.940. The quantitative estimate of drug-likeness (QED) is 0.650. The van der Waals surface area contributed by atoms with Gasteiger partial charge >= 0.3 is 0 Å². The summed E-state index contributed by atoms with van der Waals surface area (Å²) in [6, 6.07) is 0. The van der Waals surface area contributed by atoms with Crippen LogP contribution in [0.15, 0.2) is 4.52 Å². The lowest BCUT2D eigenvalue weighted by atomic mass is 10.3. The first-order chi connectivity index (χ1) is 7.36. The lowest BCUT2D eigenvalue weighted by Crippen LogP contribution is -2.02. The number of nitrogens with two attached hydrogens (primary N) is 1. The molecule has 0 aliphatic carbocycles. The van der Waals surface area contributed by atoms with Gasteiger partial charge in [-0.25, -0.2) is 0 Å². The van der Waals surface area contributed by atoms with Crippen LogP contribution in [0.3, 0.4) is 0 Å². The summed E-state index contributed by atoms with van der Waals surface area (Å²) in [6.07, 6.45) is 3.41. The maximum Gasteiger partial charge on any atom is 0.228 e. The van der Waals surface area contributed by atoms with Gasteiger partial charge in [-0.3, -0.25) is 0 Å². The normalized spacial score (nSPS) is 10.8. The summed E-state index contributed by atoms with van der Waals surface area (Å²) in [4.78, 5) is 4.23. The minimum atomic E-state index is 0.645. The highest BCUT2D eigenvalue weighted by atomic mass is 16.5. The molecule has 0 fully saturated rings. The lowest BCUT2D eigenvalue weighted by Gasteiger charge is -1.97. The molecule has 0 atom stereocenters. The summed E-state index contributed by atoms with van der Waals surface area (Å²) < 4.78 is 10.4. The third-order valence-electron chi connectivity index (χ3n) is 1.92. The van der Waals surface area contributed by atoms with Crippen LogP contribution in [0.25, 0.3) is 0 Å². The molecule has 0 aromatic carbocycles. The van der Waals surface area contributed by atoms with E-state index in [-0.39, 0.29) is 0 Å². The van der Waals surface area contributed by atoms with Gasteiger partial charge in [0.1, 0.15) is 0 Å². The second-order valence-corrected chi connectivity index (χ2v) is 3.36. The van der Waals surface area contributed by atoms with Crippen LogP contribution in [0.1, 0.15) is 31.5 Å². The fourth-order valence-electron chi connectivity index (χ4n) is 1.16. The van der Waals surface area contributed by atoms with E-state index in [1.54, 1.807) is 0 Å². The number of ether oxygens (including phenoxy) is 1. The maximum absolute atomic E-state index is 5.39. The summed E-state index contributed by atoms with van der Waals surface area (Å²) in [6.45, 7) is 4.17. The highest BCUT2D eigenvalue weighted by molar-refractivity contribution is 4.86. The number of rotatable bonds is 8.